The van der Waals surface area contributed by atoms with Gasteiger partial charge in [0.15, 0.2) is 0 Å². The second-order valence-electron chi connectivity index (χ2n) is 4.02. The maximum atomic E-state index is 12.6. The summed E-state index contributed by atoms with van der Waals surface area (Å²) in [5.74, 6) is -0.859. The highest BCUT2D eigenvalue weighted by molar-refractivity contribution is 5.85. The molecule has 0 aliphatic heterocycles. The maximum Gasteiger partial charge on any atom is 0.416 e. The summed E-state index contributed by atoms with van der Waals surface area (Å²) >= 11 is 0. The Hall–Kier alpha value is -2.18. The Morgan fingerprint density at radius 1 is 1.32 bits per heavy atom. The third-order valence-electron chi connectivity index (χ3n) is 2.53. The molecule has 100 valence electrons. The van der Waals surface area contributed by atoms with Crippen molar-refractivity contribution in [2.45, 2.75) is 19.5 Å². The van der Waals surface area contributed by atoms with Gasteiger partial charge in [-0.05, 0) is 19.1 Å². The quantitative estimate of drug-likeness (QED) is 0.911. The van der Waals surface area contributed by atoms with Crippen LogP contribution in [0.15, 0.2) is 18.2 Å². The van der Waals surface area contributed by atoms with Crippen LogP contribution in [0.25, 0.3) is 10.9 Å². The van der Waals surface area contributed by atoms with Gasteiger partial charge in [0.1, 0.15) is 5.82 Å². The molecule has 0 bridgehead atoms. The summed E-state index contributed by atoms with van der Waals surface area (Å²) in [6.07, 6.45) is -4.81. The topological polar surface area (TPSA) is 63.1 Å². The van der Waals surface area contributed by atoms with E-state index in [9.17, 15) is 18.0 Å². The first kappa shape index (κ1) is 13.3. The maximum absolute atomic E-state index is 12.6. The number of hydrogen-bond acceptors (Lipinski definition) is 3. The number of fused-ring (bicyclic) bond motifs is 1. The number of alkyl halides is 3. The lowest BCUT2D eigenvalue weighted by molar-refractivity contribution is -0.138. The van der Waals surface area contributed by atoms with Crippen molar-refractivity contribution in [1.29, 1.82) is 0 Å². The summed E-state index contributed by atoms with van der Waals surface area (Å²) in [6, 6.07) is 3.00. The molecular formula is C12H9F3N2O2. The number of carboxylic acids is 1. The Balaban J connectivity index is 2.64. The smallest absolute Gasteiger partial charge is 0.416 e. The molecule has 1 N–H and O–H groups in total. The minimum atomic E-state index is -4.46. The predicted molar refractivity (Wildman–Crippen MR) is 60.6 cm³/mol. The van der Waals surface area contributed by atoms with Gasteiger partial charge >= 0.3 is 12.1 Å². The number of carbonyl (C=O) groups is 1. The number of aryl methyl sites for hydroxylation is 1. The van der Waals surface area contributed by atoms with Crippen LogP contribution in [0.5, 0.6) is 0 Å². The van der Waals surface area contributed by atoms with Crippen LogP contribution in [0.1, 0.15) is 17.1 Å². The molecule has 4 nitrogen and oxygen atoms in total. The van der Waals surface area contributed by atoms with Crippen LogP contribution in [0, 0.1) is 6.92 Å². The Labute approximate surface area is 105 Å². The van der Waals surface area contributed by atoms with Crippen molar-refractivity contribution >= 4 is 16.9 Å². The highest BCUT2D eigenvalue weighted by Crippen LogP contribution is 2.31. The van der Waals surface area contributed by atoms with E-state index in [4.69, 9.17) is 5.11 Å². The molecule has 7 heteroatoms. The van der Waals surface area contributed by atoms with Crippen molar-refractivity contribution < 1.29 is 23.1 Å². The zero-order valence-corrected chi connectivity index (χ0v) is 9.82. The van der Waals surface area contributed by atoms with Gasteiger partial charge in [0.05, 0.1) is 23.2 Å². The third-order valence-corrected chi connectivity index (χ3v) is 2.53. The summed E-state index contributed by atoms with van der Waals surface area (Å²) in [7, 11) is 0. The van der Waals surface area contributed by atoms with Gasteiger partial charge in [-0.3, -0.25) is 4.79 Å². The Morgan fingerprint density at radius 2 is 2.00 bits per heavy atom. The third kappa shape index (κ3) is 2.81. The summed E-state index contributed by atoms with van der Waals surface area (Å²) in [5.41, 5.74) is -0.512. The Morgan fingerprint density at radius 3 is 2.58 bits per heavy atom. The number of benzene rings is 1. The lowest BCUT2D eigenvalue weighted by Gasteiger charge is -2.09. The van der Waals surface area contributed by atoms with Gasteiger partial charge in [0.2, 0.25) is 0 Å². The molecule has 0 radical (unpaired) electrons. The van der Waals surface area contributed by atoms with Crippen LogP contribution < -0.4 is 0 Å². The molecule has 0 spiro atoms. The largest absolute Gasteiger partial charge is 0.481 e. The molecule has 0 unspecified atom stereocenters. The van der Waals surface area contributed by atoms with Gasteiger partial charge in [0, 0.05) is 5.39 Å². The molecule has 2 rings (SSSR count). The monoisotopic (exact) mass is 270 g/mol. The van der Waals surface area contributed by atoms with E-state index in [0.717, 1.165) is 12.1 Å². The van der Waals surface area contributed by atoms with E-state index in [2.05, 4.69) is 9.97 Å². The fraction of sp³-hybridized carbons (Fsp3) is 0.250. The first-order valence-electron chi connectivity index (χ1n) is 5.33. The normalized spacial score (nSPS) is 11.8. The first-order chi connectivity index (χ1) is 8.77. The second-order valence-corrected chi connectivity index (χ2v) is 4.02. The Bertz CT molecular complexity index is 653. The van der Waals surface area contributed by atoms with Crippen molar-refractivity contribution in [2.75, 3.05) is 0 Å². The second kappa shape index (κ2) is 4.49. The number of aromatic nitrogens is 2. The average Bonchev–Trinajstić information content (AvgIpc) is 2.25. The van der Waals surface area contributed by atoms with E-state index in [-0.39, 0.29) is 23.5 Å². The molecule has 1 aromatic heterocycles. The minimum Gasteiger partial charge on any atom is -0.481 e. The van der Waals surface area contributed by atoms with Crippen molar-refractivity contribution in [3.8, 4) is 0 Å². The highest BCUT2D eigenvalue weighted by atomic mass is 19.4. The number of carboxylic acid groups (broad SMARTS) is 1. The van der Waals surface area contributed by atoms with Crippen LogP contribution in [0.3, 0.4) is 0 Å². The van der Waals surface area contributed by atoms with E-state index >= 15 is 0 Å². The van der Waals surface area contributed by atoms with Gasteiger partial charge in [-0.15, -0.1) is 0 Å². The molecular weight excluding hydrogens is 261 g/mol. The molecule has 2 aromatic rings. The SMILES string of the molecule is Cc1nc(CC(=O)O)c2ccc(C(F)(F)F)cc2n1. The molecule has 1 aromatic carbocycles. The molecule has 19 heavy (non-hydrogen) atoms. The molecule has 0 aliphatic carbocycles. The van der Waals surface area contributed by atoms with Crippen LogP contribution in [-0.4, -0.2) is 21.0 Å². The van der Waals surface area contributed by atoms with Crippen molar-refractivity contribution in [3.63, 3.8) is 0 Å². The number of nitrogens with zero attached hydrogens (tertiary/aromatic N) is 2. The van der Waals surface area contributed by atoms with Gasteiger partial charge in [-0.1, -0.05) is 6.07 Å². The molecule has 0 saturated carbocycles. The number of rotatable bonds is 2. The average molecular weight is 270 g/mol. The van der Waals surface area contributed by atoms with Crippen LogP contribution in [0.4, 0.5) is 13.2 Å². The van der Waals surface area contributed by atoms with Crippen LogP contribution in [-0.2, 0) is 17.4 Å². The fourth-order valence-corrected chi connectivity index (χ4v) is 1.78. The summed E-state index contributed by atoms with van der Waals surface area (Å²) < 4.78 is 37.8. The van der Waals surface area contributed by atoms with E-state index in [1.807, 2.05) is 0 Å². The highest BCUT2D eigenvalue weighted by Gasteiger charge is 2.30. The van der Waals surface area contributed by atoms with Crippen molar-refractivity contribution in [3.05, 3.63) is 35.3 Å². The van der Waals surface area contributed by atoms with E-state index < -0.39 is 17.7 Å². The molecule has 0 aliphatic rings. The molecule has 1 heterocycles. The zero-order valence-electron chi connectivity index (χ0n) is 9.82. The van der Waals surface area contributed by atoms with Gasteiger partial charge < -0.3 is 5.11 Å². The van der Waals surface area contributed by atoms with Gasteiger partial charge in [-0.2, -0.15) is 13.2 Å². The number of hydrogen-bond donors (Lipinski definition) is 1. The van der Waals surface area contributed by atoms with Crippen LogP contribution in [0.2, 0.25) is 0 Å². The van der Waals surface area contributed by atoms with Crippen LogP contribution >= 0.6 is 0 Å². The van der Waals surface area contributed by atoms with E-state index in [1.54, 1.807) is 0 Å². The zero-order chi connectivity index (χ0) is 14.2. The van der Waals surface area contributed by atoms with Gasteiger partial charge in [-0.25, -0.2) is 9.97 Å². The number of halogens is 3. The standard InChI is InChI=1S/C12H9F3N2O2/c1-6-16-9-4-7(12(13,14)15)2-3-8(9)10(17-6)5-11(18)19/h2-4H,5H2,1H3,(H,18,19). The molecule has 0 atom stereocenters. The van der Waals surface area contributed by atoms with Gasteiger partial charge in [0.25, 0.3) is 0 Å². The van der Waals surface area contributed by atoms with Crippen molar-refractivity contribution in [1.82, 2.24) is 9.97 Å². The fourth-order valence-electron chi connectivity index (χ4n) is 1.78. The van der Waals surface area contributed by atoms with E-state index in [1.165, 1.54) is 13.0 Å². The predicted octanol–water partition coefficient (Wildman–Crippen LogP) is 2.58. The molecule has 0 amide bonds. The lowest BCUT2D eigenvalue weighted by atomic mass is 10.1. The number of aliphatic carboxylic acids is 1. The summed E-state index contributed by atoms with van der Waals surface area (Å²) in [4.78, 5) is 18.6. The summed E-state index contributed by atoms with van der Waals surface area (Å²) in [5, 5.41) is 9.08. The Kier molecular flexibility index (Phi) is 3.13. The first-order valence-corrected chi connectivity index (χ1v) is 5.33. The molecule has 0 fully saturated rings. The van der Waals surface area contributed by atoms with E-state index in [0.29, 0.717) is 5.39 Å². The molecule has 0 saturated heterocycles. The lowest BCUT2D eigenvalue weighted by Crippen LogP contribution is -2.08. The summed E-state index contributed by atoms with van der Waals surface area (Å²) in [6.45, 7) is 1.51. The minimum absolute atomic E-state index is 0.0959. The van der Waals surface area contributed by atoms with Crippen molar-refractivity contribution in [2.24, 2.45) is 0 Å².